The first-order valence-electron chi connectivity index (χ1n) is 6.13. The predicted octanol–water partition coefficient (Wildman–Crippen LogP) is 0.837. The molecule has 102 valence electrons. The molecule has 20 heavy (non-hydrogen) atoms. The summed E-state index contributed by atoms with van der Waals surface area (Å²) >= 11 is 1.43. The summed E-state index contributed by atoms with van der Waals surface area (Å²) in [4.78, 5) is 16.6. The molecule has 0 saturated carbocycles. The van der Waals surface area contributed by atoms with Gasteiger partial charge in [-0.2, -0.15) is 10.2 Å². The van der Waals surface area contributed by atoms with Gasteiger partial charge in [0.2, 0.25) is 5.88 Å². The van der Waals surface area contributed by atoms with Crippen LogP contribution in [0.1, 0.15) is 5.69 Å². The largest absolute Gasteiger partial charge is 0.493 e. The van der Waals surface area contributed by atoms with Crippen LogP contribution in [0.15, 0.2) is 17.8 Å². The number of rotatable bonds is 2. The molecule has 2 aromatic heterocycles. The lowest BCUT2D eigenvalue weighted by Crippen LogP contribution is -2.46. The molecule has 1 N–H and O–H groups in total. The Hall–Kier alpha value is -2.40. The highest BCUT2D eigenvalue weighted by molar-refractivity contribution is 7.13. The maximum absolute atomic E-state index is 9.28. The second-order valence-electron chi connectivity index (χ2n) is 4.34. The Balaban J connectivity index is 1.68. The van der Waals surface area contributed by atoms with Crippen molar-refractivity contribution in [2.45, 2.75) is 0 Å². The van der Waals surface area contributed by atoms with E-state index < -0.39 is 0 Å². The van der Waals surface area contributed by atoms with Gasteiger partial charge in [-0.3, -0.25) is 4.98 Å². The zero-order valence-electron chi connectivity index (χ0n) is 10.6. The molecule has 3 rings (SSSR count). The van der Waals surface area contributed by atoms with Gasteiger partial charge in [0.05, 0.1) is 17.8 Å². The van der Waals surface area contributed by atoms with Crippen LogP contribution >= 0.6 is 11.3 Å². The molecule has 0 aliphatic carbocycles. The van der Waals surface area contributed by atoms with Crippen LogP contribution in [-0.2, 0) is 0 Å². The fourth-order valence-corrected chi connectivity index (χ4v) is 2.83. The first-order valence-corrected chi connectivity index (χ1v) is 7.01. The van der Waals surface area contributed by atoms with Crippen molar-refractivity contribution >= 4 is 22.3 Å². The van der Waals surface area contributed by atoms with Crippen molar-refractivity contribution < 1.29 is 5.11 Å². The van der Waals surface area contributed by atoms with Gasteiger partial charge in [0.1, 0.15) is 11.9 Å². The van der Waals surface area contributed by atoms with E-state index in [0.717, 1.165) is 37.1 Å². The molecule has 1 fully saturated rings. The first-order chi connectivity index (χ1) is 9.76. The number of anilines is 2. The Bertz CT molecular complexity index is 643. The van der Waals surface area contributed by atoms with Crippen LogP contribution in [0, 0.1) is 11.3 Å². The topological polar surface area (TPSA) is 89.2 Å². The molecule has 3 heterocycles. The van der Waals surface area contributed by atoms with Crippen molar-refractivity contribution in [3.8, 4) is 11.9 Å². The minimum Gasteiger partial charge on any atom is -0.493 e. The summed E-state index contributed by atoms with van der Waals surface area (Å²) in [6.07, 6.45) is 3.13. The Morgan fingerprint density at radius 3 is 2.55 bits per heavy atom. The highest BCUT2D eigenvalue weighted by atomic mass is 32.1. The summed E-state index contributed by atoms with van der Waals surface area (Å²) in [5.74, 6) is 0.797. The molecule has 7 nitrogen and oxygen atoms in total. The fraction of sp³-hybridized carbons (Fsp3) is 0.333. The number of thiazole rings is 1. The van der Waals surface area contributed by atoms with E-state index in [1.807, 2.05) is 6.07 Å². The van der Waals surface area contributed by atoms with Crippen LogP contribution in [0.4, 0.5) is 10.9 Å². The van der Waals surface area contributed by atoms with E-state index in [-0.39, 0.29) is 5.88 Å². The summed E-state index contributed by atoms with van der Waals surface area (Å²) in [6, 6.07) is 2.00. The van der Waals surface area contributed by atoms with E-state index in [1.54, 1.807) is 11.6 Å². The van der Waals surface area contributed by atoms with Crippen molar-refractivity contribution in [2.24, 2.45) is 0 Å². The molecular formula is C12H12N6OS. The van der Waals surface area contributed by atoms with Crippen molar-refractivity contribution in [1.29, 1.82) is 5.26 Å². The third-order valence-electron chi connectivity index (χ3n) is 3.09. The van der Waals surface area contributed by atoms with E-state index >= 15 is 0 Å². The van der Waals surface area contributed by atoms with Crippen molar-refractivity contribution in [2.75, 3.05) is 36.0 Å². The van der Waals surface area contributed by atoms with Gasteiger partial charge in [0, 0.05) is 26.2 Å². The molecule has 1 aliphatic rings. The minimum atomic E-state index is 0.0695. The van der Waals surface area contributed by atoms with E-state index in [2.05, 4.69) is 24.8 Å². The van der Waals surface area contributed by atoms with Crippen molar-refractivity contribution in [3.63, 3.8) is 0 Å². The number of nitrogens with zero attached hydrogens (tertiary/aromatic N) is 6. The van der Waals surface area contributed by atoms with Gasteiger partial charge in [-0.15, -0.1) is 11.3 Å². The summed E-state index contributed by atoms with van der Waals surface area (Å²) in [5, 5.41) is 20.6. The summed E-state index contributed by atoms with van der Waals surface area (Å²) in [6.45, 7) is 3.16. The van der Waals surface area contributed by atoms with Crippen LogP contribution in [0.2, 0.25) is 0 Å². The fourth-order valence-electron chi connectivity index (χ4n) is 2.09. The number of hydrogen-bond donors (Lipinski definition) is 1. The molecular weight excluding hydrogens is 276 g/mol. The highest BCUT2D eigenvalue weighted by Crippen LogP contribution is 2.25. The zero-order chi connectivity index (χ0) is 13.9. The summed E-state index contributed by atoms with van der Waals surface area (Å²) < 4.78 is 0. The standard InChI is InChI=1S/C12H12N6OS/c13-5-9-6-14-7-10(15-9)17-1-3-18(4-2-17)12-16-11(19)8-20-12/h6-8,19H,1-4H2. The second kappa shape index (κ2) is 5.30. The molecule has 0 atom stereocenters. The lowest BCUT2D eigenvalue weighted by atomic mass is 10.3. The van der Waals surface area contributed by atoms with E-state index in [4.69, 9.17) is 5.26 Å². The second-order valence-corrected chi connectivity index (χ2v) is 5.17. The number of aromatic nitrogens is 3. The number of piperazine rings is 1. The molecule has 0 bridgehead atoms. The highest BCUT2D eigenvalue weighted by Gasteiger charge is 2.20. The number of aromatic hydroxyl groups is 1. The number of nitriles is 1. The molecule has 0 aromatic carbocycles. The Morgan fingerprint density at radius 1 is 1.15 bits per heavy atom. The van der Waals surface area contributed by atoms with Crippen LogP contribution in [0.5, 0.6) is 5.88 Å². The normalized spacial score (nSPS) is 15.2. The molecule has 0 radical (unpaired) electrons. The van der Waals surface area contributed by atoms with Gasteiger partial charge < -0.3 is 14.9 Å². The Morgan fingerprint density at radius 2 is 1.90 bits per heavy atom. The van der Waals surface area contributed by atoms with Crippen molar-refractivity contribution in [3.05, 3.63) is 23.5 Å². The Kier molecular flexibility index (Phi) is 3.35. The van der Waals surface area contributed by atoms with Crippen molar-refractivity contribution in [1.82, 2.24) is 15.0 Å². The lowest BCUT2D eigenvalue weighted by Gasteiger charge is -2.34. The van der Waals surface area contributed by atoms with Crippen LogP contribution in [0.3, 0.4) is 0 Å². The van der Waals surface area contributed by atoms with Gasteiger partial charge in [-0.1, -0.05) is 0 Å². The number of hydrogen-bond acceptors (Lipinski definition) is 8. The smallest absolute Gasteiger partial charge is 0.223 e. The van der Waals surface area contributed by atoms with Gasteiger partial charge in [0.25, 0.3) is 0 Å². The molecule has 1 aliphatic heterocycles. The van der Waals surface area contributed by atoms with Gasteiger partial charge in [0.15, 0.2) is 10.8 Å². The molecule has 0 unspecified atom stereocenters. The van der Waals surface area contributed by atoms with E-state index in [0.29, 0.717) is 5.69 Å². The average molecular weight is 288 g/mol. The van der Waals surface area contributed by atoms with Crippen LogP contribution in [-0.4, -0.2) is 46.2 Å². The predicted molar refractivity (Wildman–Crippen MR) is 75.0 cm³/mol. The average Bonchev–Trinajstić information content (AvgIpc) is 2.94. The molecule has 2 aromatic rings. The molecule has 0 amide bonds. The maximum Gasteiger partial charge on any atom is 0.223 e. The Labute approximate surface area is 119 Å². The summed E-state index contributed by atoms with van der Waals surface area (Å²) in [5.41, 5.74) is 0.328. The van der Waals surface area contributed by atoms with Gasteiger partial charge in [-0.05, 0) is 0 Å². The quantitative estimate of drug-likeness (QED) is 0.875. The van der Waals surface area contributed by atoms with Crippen LogP contribution < -0.4 is 9.80 Å². The SMILES string of the molecule is N#Cc1cncc(N2CCN(c3nc(O)cs3)CC2)n1. The lowest BCUT2D eigenvalue weighted by molar-refractivity contribution is 0.457. The third-order valence-corrected chi connectivity index (χ3v) is 3.98. The molecule has 0 spiro atoms. The maximum atomic E-state index is 9.28. The molecule has 8 heteroatoms. The first kappa shape index (κ1) is 12.6. The van der Waals surface area contributed by atoms with Gasteiger partial charge >= 0.3 is 0 Å². The van der Waals surface area contributed by atoms with Gasteiger partial charge in [-0.25, -0.2) is 4.98 Å². The summed E-state index contributed by atoms with van der Waals surface area (Å²) in [7, 11) is 0. The van der Waals surface area contributed by atoms with E-state index in [1.165, 1.54) is 17.5 Å². The zero-order valence-corrected chi connectivity index (χ0v) is 11.4. The monoisotopic (exact) mass is 288 g/mol. The third kappa shape index (κ3) is 2.48. The van der Waals surface area contributed by atoms with Crippen LogP contribution in [0.25, 0.3) is 0 Å². The minimum absolute atomic E-state index is 0.0695. The molecule has 1 saturated heterocycles. The van der Waals surface area contributed by atoms with E-state index in [9.17, 15) is 5.11 Å².